The van der Waals surface area contributed by atoms with Crippen LogP contribution in [0.3, 0.4) is 0 Å². The molecule has 0 saturated heterocycles. The van der Waals surface area contributed by atoms with E-state index in [1.165, 1.54) is 14.2 Å². The van der Waals surface area contributed by atoms with Crippen molar-refractivity contribution < 1.29 is 14.3 Å². The number of nitrogens with one attached hydrogen (secondary N) is 1. The van der Waals surface area contributed by atoms with E-state index in [1.807, 2.05) is 0 Å². The third-order valence-corrected chi connectivity index (χ3v) is 1.12. The van der Waals surface area contributed by atoms with E-state index in [1.54, 1.807) is 6.92 Å². The number of hydrogen-bond acceptors (Lipinski definition) is 3. The standard InChI is InChI=1S/C7H13NO3/c1-5(2)6(10-3)8-7(9)11-4/h6H,1H2,2-4H3,(H,8,9). The Morgan fingerprint density at radius 3 is 2.36 bits per heavy atom. The maximum Gasteiger partial charge on any atom is 0.409 e. The second-order valence-corrected chi connectivity index (χ2v) is 2.10. The van der Waals surface area contributed by atoms with E-state index >= 15 is 0 Å². The van der Waals surface area contributed by atoms with Crippen LogP contribution in [0.5, 0.6) is 0 Å². The summed E-state index contributed by atoms with van der Waals surface area (Å²) in [6.07, 6.45) is -0.998. The molecule has 0 rings (SSSR count). The Labute approximate surface area is 66.2 Å². The first-order valence-electron chi connectivity index (χ1n) is 3.14. The van der Waals surface area contributed by atoms with Crippen LogP contribution in [-0.4, -0.2) is 26.5 Å². The Bertz CT molecular complexity index is 156. The van der Waals surface area contributed by atoms with Crippen LogP contribution in [-0.2, 0) is 9.47 Å². The number of hydrogen-bond donors (Lipinski definition) is 1. The summed E-state index contributed by atoms with van der Waals surface area (Å²) in [4.78, 5) is 10.6. The first kappa shape index (κ1) is 9.97. The summed E-state index contributed by atoms with van der Waals surface area (Å²) < 4.78 is 9.23. The van der Waals surface area contributed by atoms with Crippen molar-refractivity contribution in [2.45, 2.75) is 13.2 Å². The first-order chi connectivity index (χ1) is 5.11. The summed E-state index contributed by atoms with van der Waals surface area (Å²) in [6.45, 7) is 5.37. The lowest BCUT2D eigenvalue weighted by Crippen LogP contribution is -2.36. The van der Waals surface area contributed by atoms with Gasteiger partial charge in [0.15, 0.2) is 6.23 Å². The van der Waals surface area contributed by atoms with E-state index in [-0.39, 0.29) is 0 Å². The van der Waals surface area contributed by atoms with Gasteiger partial charge in [-0.05, 0) is 12.5 Å². The quantitative estimate of drug-likeness (QED) is 0.491. The van der Waals surface area contributed by atoms with E-state index in [4.69, 9.17) is 4.74 Å². The molecular weight excluding hydrogens is 146 g/mol. The van der Waals surface area contributed by atoms with Crippen molar-refractivity contribution in [1.82, 2.24) is 5.32 Å². The number of carbonyl (C=O) groups excluding carboxylic acids is 1. The average molecular weight is 159 g/mol. The summed E-state index contributed by atoms with van der Waals surface area (Å²) in [5, 5.41) is 2.43. The van der Waals surface area contributed by atoms with Crippen molar-refractivity contribution in [3.8, 4) is 0 Å². The largest absolute Gasteiger partial charge is 0.453 e. The Balaban J connectivity index is 3.88. The lowest BCUT2D eigenvalue weighted by atomic mass is 10.3. The molecule has 0 radical (unpaired) electrons. The number of alkyl carbamates (subject to hydrolysis) is 1. The van der Waals surface area contributed by atoms with Crippen LogP contribution in [0.25, 0.3) is 0 Å². The molecule has 0 spiro atoms. The number of rotatable bonds is 3. The predicted molar refractivity (Wildman–Crippen MR) is 41.2 cm³/mol. The first-order valence-corrected chi connectivity index (χ1v) is 3.14. The molecular formula is C7H13NO3. The maximum atomic E-state index is 10.6. The Morgan fingerprint density at radius 2 is 2.09 bits per heavy atom. The van der Waals surface area contributed by atoms with Crippen LogP contribution in [0.15, 0.2) is 12.2 Å². The highest BCUT2D eigenvalue weighted by Gasteiger charge is 2.10. The highest BCUT2D eigenvalue weighted by Crippen LogP contribution is 1.97. The predicted octanol–water partition coefficient (Wildman–Crippen LogP) is 0.891. The van der Waals surface area contributed by atoms with Gasteiger partial charge >= 0.3 is 6.09 Å². The summed E-state index contributed by atoms with van der Waals surface area (Å²) in [6, 6.07) is 0. The molecule has 4 nitrogen and oxygen atoms in total. The monoisotopic (exact) mass is 159 g/mol. The third kappa shape index (κ3) is 3.62. The second-order valence-electron chi connectivity index (χ2n) is 2.10. The topological polar surface area (TPSA) is 47.6 Å². The minimum Gasteiger partial charge on any atom is -0.453 e. The van der Waals surface area contributed by atoms with Gasteiger partial charge in [0.25, 0.3) is 0 Å². The van der Waals surface area contributed by atoms with Crippen LogP contribution in [0, 0.1) is 0 Å². The van der Waals surface area contributed by atoms with Gasteiger partial charge in [-0.3, -0.25) is 5.32 Å². The molecule has 64 valence electrons. The smallest absolute Gasteiger partial charge is 0.409 e. The average Bonchev–Trinajstić information content (AvgIpc) is 1.99. The normalized spacial score (nSPS) is 11.9. The minimum absolute atomic E-state index is 0.470. The molecule has 0 saturated carbocycles. The molecule has 1 amide bonds. The highest BCUT2D eigenvalue weighted by molar-refractivity contribution is 5.67. The van der Waals surface area contributed by atoms with Crippen LogP contribution >= 0.6 is 0 Å². The molecule has 1 atom stereocenters. The third-order valence-electron chi connectivity index (χ3n) is 1.12. The summed E-state index contributed by atoms with van der Waals surface area (Å²) in [5.41, 5.74) is 0.720. The van der Waals surface area contributed by atoms with Crippen molar-refractivity contribution in [3.05, 3.63) is 12.2 Å². The second kappa shape index (κ2) is 4.73. The van der Waals surface area contributed by atoms with Crippen molar-refractivity contribution >= 4 is 6.09 Å². The molecule has 0 aliphatic carbocycles. The van der Waals surface area contributed by atoms with Crippen LogP contribution in [0.2, 0.25) is 0 Å². The van der Waals surface area contributed by atoms with Gasteiger partial charge in [-0.1, -0.05) is 6.58 Å². The molecule has 0 aromatic carbocycles. The van der Waals surface area contributed by atoms with E-state index < -0.39 is 12.3 Å². The van der Waals surface area contributed by atoms with Crippen molar-refractivity contribution in [1.29, 1.82) is 0 Å². The van der Waals surface area contributed by atoms with Crippen LogP contribution in [0.1, 0.15) is 6.92 Å². The fraction of sp³-hybridized carbons (Fsp3) is 0.571. The maximum absolute atomic E-state index is 10.6. The molecule has 1 N–H and O–H groups in total. The molecule has 0 aliphatic rings. The van der Waals surface area contributed by atoms with Crippen molar-refractivity contribution in [2.24, 2.45) is 0 Å². The molecule has 0 aromatic heterocycles. The number of ether oxygens (including phenoxy) is 2. The van der Waals surface area contributed by atoms with Gasteiger partial charge in [-0.2, -0.15) is 0 Å². The number of amides is 1. The molecule has 0 aliphatic heterocycles. The minimum atomic E-state index is -0.528. The van der Waals surface area contributed by atoms with Gasteiger partial charge in [-0.25, -0.2) is 4.79 Å². The summed E-state index contributed by atoms with van der Waals surface area (Å²) in [7, 11) is 2.77. The SMILES string of the molecule is C=C(C)C(NC(=O)OC)OC. The van der Waals surface area contributed by atoms with Crippen molar-refractivity contribution in [2.75, 3.05) is 14.2 Å². The fourth-order valence-electron chi connectivity index (χ4n) is 0.549. The zero-order valence-electron chi connectivity index (χ0n) is 7.01. The molecule has 0 fully saturated rings. The molecule has 1 unspecified atom stereocenters. The molecule has 0 aromatic rings. The van der Waals surface area contributed by atoms with Gasteiger partial charge < -0.3 is 9.47 Å². The van der Waals surface area contributed by atoms with Gasteiger partial charge in [0.1, 0.15) is 0 Å². The summed E-state index contributed by atoms with van der Waals surface area (Å²) in [5.74, 6) is 0. The molecule has 0 bridgehead atoms. The van der Waals surface area contributed by atoms with Gasteiger partial charge in [0, 0.05) is 7.11 Å². The van der Waals surface area contributed by atoms with Crippen LogP contribution in [0.4, 0.5) is 4.79 Å². The Hall–Kier alpha value is -1.03. The van der Waals surface area contributed by atoms with Gasteiger partial charge in [-0.15, -0.1) is 0 Å². The molecule has 11 heavy (non-hydrogen) atoms. The Kier molecular flexibility index (Phi) is 4.29. The highest BCUT2D eigenvalue weighted by atomic mass is 16.6. The van der Waals surface area contributed by atoms with E-state index in [9.17, 15) is 4.79 Å². The van der Waals surface area contributed by atoms with E-state index in [0.717, 1.165) is 5.57 Å². The van der Waals surface area contributed by atoms with E-state index in [0.29, 0.717) is 0 Å². The summed E-state index contributed by atoms with van der Waals surface area (Å²) >= 11 is 0. The van der Waals surface area contributed by atoms with Crippen molar-refractivity contribution in [3.63, 3.8) is 0 Å². The zero-order chi connectivity index (χ0) is 8.85. The zero-order valence-corrected chi connectivity index (χ0v) is 7.01. The van der Waals surface area contributed by atoms with E-state index in [2.05, 4.69) is 16.6 Å². The van der Waals surface area contributed by atoms with Crippen LogP contribution < -0.4 is 5.32 Å². The lowest BCUT2D eigenvalue weighted by Gasteiger charge is -2.15. The van der Waals surface area contributed by atoms with Gasteiger partial charge in [0.2, 0.25) is 0 Å². The molecule has 0 heterocycles. The molecule has 4 heteroatoms. The van der Waals surface area contributed by atoms with Gasteiger partial charge in [0.05, 0.1) is 7.11 Å². The lowest BCUT2D eigenvalue weighted by molar-refractivity contribution is 0.0906. The number of methoxy groups -OCH3 is 2. The number of carbonyl (C=O) groups is 1. The Morgan fingerprint density at radius 1 is 1.55 bits per heavy atom. The fourth-order valence-corrected chi connectivity index (χ4v) is 0.549.